The minimum Gasteiger partial charge on any atom is -0.455 e. The molecule has 0 radical (unpaired) electrons. The molecule has 27 aromatic rings. The lowest BCUT2D eigenvalue weighted by Gasteiger charge is -2.30. The molecular formula is C130H77N5O2. The fraction of sp³-hybridized carbons (Fsp3) is 0.00769. The summed E-state index contributed by atoms with van der Waals surface area (Å²) in [6, 6.07) is 164. The molecule has 0 saturated heterocycles. The van der Waals surface area contributed by atoms with Gasteiger partial charge < -0.3 is 18.6 Å². The minimum absolute atomic E-state index is 0.489. The van der Waals surface area contributed by atoms with Gasteiger partial charge in [0.05, 0.1) is 33.9 Å². The van der Waals surface area contributed by atoms with E-state index in [0.29, 0.717) is 17.0 Å². The highest BCUT2D eigenvalue weighted by Gasteiger charge is 2.52. The molecule has 0 fully saturated rings. The molecule has 2 aliphatic carbocycles. The topological polar surface area (TPSA) is 71.4 Å². The number of para-hydroxylation sites is 1. The SMILES string of the molecule is c1ccc(-c2ccc(-c3ccncc3)c(-c3cc4oc5c(-c6cnc(-c7ccc8c(c7)-c7ccccc7C87c8ccccc8-c8ccccc87)nc6)ccc6c7c(N(c8cccc9cc%10ccccc%10cc89)c8cc9cccc(-c%10ccccc%10)c9c9ccccc89)ccc8oc9c(N(c%10ccccc%10)c%10ccc(-c%11ccc%12ccccc%12c%11)c%11ccccc%10%11)ccc(c(c3)c4c56)c9c87)c2)cc1. The van der Waals surface area contributed by atoms with E-state index in [9.17, 15) is 0 Å². The van der Waals surface area contributed by atoms with Crippen LogP contribution in [0, 0.1) is 0 Å². The van der Waals surface area contributed by atoms with E-state index in [1.54, 1.807) is 0 Å². The Morgan fingerprint density at radius 2 is 0.730 bits per heavy atom. The van der Waals surface area contributed by atoms with Crippen molar-refractivity contribution >= 4 is 164 Å². The smallest absolute Gasteiger partial charge is 0.160 e. The molecule has 29 rings (SSSR count). The fourth-order valence-electron chi connectivity index (χ4n) is 23.6. The van der Waals surface area contributed by atoms with Crippen LogP contribution in [0.3, 0.4) is 0 Å². The Hall–Kier alpha value is -18.2. The predicted octanol–water partition coefficient (Wildman–Crippen LogP) is 35.3. The number of pyridine rings is 1. The first-order valence-electron chi connectivity index (χ1n) is 47.0. The van der Waals surface area contributed by atoms with Gasteiger partial charge in [0.25, 0.3) is 0 Å². The van der Waals surface area contributed by atoms with Crippen molar-refractivity contribution in [2.45, 2.75) is 5.41 Å². The van der Waals surface area contributed by atoms with Crippen molar-refractivity contribution in [2.75, 3.05) is 9.80 Å². The first-order chi connectivity index (χ1) is 67.9. The maximum Gasteiger partial charge on any atom is 0.160 e. The molecule has 0 aliphatic heterocycles. The number of hydrogen-bond donors (Lipinski definition) is 0. The molecule has 7 nitrogen and oxygen atoms in total. The van der Waals surface area contributed by atoms with Crippen LogP contribution in [0.25, 0.3) is 230 Å². The number of aromatic nitrogens is 3. The number of furan rings is 2. The Balaban J connectivity index is 0.738. The second-order valence-corrected chi connectivity index (χ2v) is 36.6. The van der Waals surface area contributed by atoms with Gasteiger partial charge in [-0.05, 0) is 274 Å². The van der Waals surface area contributed by atoms with E-state index in [2.05, 4.69) is 458 Å². The van der Waals surface area contributed by atoms with E-state index in [1.807, 2.05) is 24.8 Å². The summed E-state index contributed by atoms with van der Waals surface area (Å²) in [4.78, 5) is 20.5. The highest BCUT2D eigenvalue weighted by Crippen LogP contribution is 2.64. The van der Waals surface area contributed by atoms with Crippen LogP contribution in [0.2, 0.25) is 0 Å². The number of fused-ring (bicyclic) bond motifs is 19. The van der Waals surface area contributed by atoms with Crippen LogP contribution in [0.4, 0.5) is 34.1 Å². The maximum atomic E-state index is 8.17. The Bertz CT molecular complexity index is 9700. The molecule has 634 valence electrons. The van der Waals surface area contributed by atoms with Crippen LogP contribution >= 0.6 is 0 Å². The summed E-state index contributed by atoms with van der Waals surface area (Å²) in [5, 5.41) is 21.3. The van der Waals surface area contributed by atoms with Crippen molar-refractivity contribution in [2.24, 2.45) is 0 Å². The number of rotatable bonds is 13. The van der Waals surface area contributed by atoms with E-state index in [0.717, 1.165) is 198 Å². The van der Waals surface area contributed by atoms with E-state index in [1.165, 1.54) is 71.6 Å². The third kappa shape index (κ3) is 11.4. The maximum absolute atomic E-state index is 8.17. The molecule has 0 N–H and O–H groups in total. The van der Waals surface area contributed by atoms with Crippen molar-refractivity contribution in [3.8, 4) is 100 Å². The van der Waals surface area contributed by atoms with Crippen molar-refractivity contribution in [3.05, 3.63) is 490 Å². The molecule has 0 atom stereocenters. The average molecular weight is 1740 g/mol. The Morgan fingerprint density at radius 3 is 1.49 bits per heavy atom. The van der Waals surface area contributed by atoms with Crippen LogP contribution in [0.5, 0.6) is 0 Å². The number of nitrogens with zero attached hydrogens (tertiary/aromatic N) is 5. The summed E-state index contributed by atoms with van der Waals surface area (Å²) in [6.45, 7) is 0. The zero-order valence-corrected chi connectivity index (χ0v) is 74.0. The van der Waals surface area contributed by atoms with Gasteiger partial charge in [0, 0.05) is 90.3 Å². The van der Waals surface area contributed by atoms with Crippen molar-refractivity contribution in [3.63, 3.8) is 0 Å². The molecule has 4 aromatic heterocycles. The van der Waals surface area contributed by atoms with Crippen molar-refractivity contribution in [1.29, 1.82) is 0 Å². The zero-order valence-electron chi connectivity index (χ0n) is 74.0. The minimum atomic E-state index is -0.489. The van der Waals surface area contributed by atoms with Crippen LogP contribution in [-0.2, 0) is 5.41 Å². The lowest BCUT2D eigenvalue weighted by molar-refractivity contribution is 0.669. The van der Waals surface area contributed by atoms with Gasteiger partial charge >= 0.3 is 0 Å². The standard InChI is InChI=1S/C130H77N5O2/c1-4-26-78(27-5-1)85-52-54-93(81-64-66-131-67-65-81)106(70-85)90-73-109-104-58-61-117(134(92-36-8-3-9-37-92)115-60-57-94(97-38-14-15-42-101(97)115)87-51-50-79-28-10-11-31-82(79)68-87)128-124(104)126-119(136-128)63-62-116(135(114-49-25-34-86-69-83-32-12-13-33-84(83)71-107(86)114)118-74-88-35-24-45-95(80-29-6-2-7-30-80)121(88)103-44-17-16-43-102(103)118)122(126)105-56-55-96(127-125(105)123(109)120(75-90)137-127)91-76-132-129(133-77-91)89-53-59-113-108(72-89)100-41-20-23-48-112(100)130(113)110-46-21-18-39-98(110)99-40-19-22-47-111(99)130/h1-77H. The summed E-state index contributed by atoms with van der Waals surface area (Å²) in [6.07, 6.45) is 7.79. The summed E-state index contributed by atoms with van der Waals surface area (Å²) >= 11 is 0. The zero-order chi connectivity index (χ0) is 89.7. The second-order valence-electron chi connectivity index (χ2n) is 36.6. The Morgan fingerprint density at radius 1 is 0.197 bits per heavy atom. The van der Waals surface area contributed by atoms with Crippen molar-refractivity contribution in [1.82, 2.24) is 15.0 Å². The van der Waals surface area contributed by atoms with Crippen LogP contribution in [0.15, 0.2) is 476 Å². The van der Waals surface area contributed by atoms with E-state index in [4.69, 9.17) is 18.8 Å². The normalized spacial score (nSPS) is 12.6. The fourth-order valence-corrected chi connectivity index (χ4v) is 23.6. The van der Waals surface area contributed by atoms with Gasteiger partial charge in [-0.2, -0.15) is 0 Å². The Kier molecular flexibility index (Phi) is 16.7. The average Bonchev–Trinajstić information content (AvgIpc) is 1.51. The largest absolute Gasteiger partial charge is 0.455 e. The molecule has 23 aromatic carbocycles. The molecule has 0 unspecified atom stereocenters. The molecule has 4 heterocycles. The quantitative estimate of drug-likeness (QED) is 0.0841. The van der Waals surface area contributed by atoms with Crippen LogP contribution in [-0.4, -0.2) is 15.0 Å². The van der Waals surface area contributed by atoms with Gasteiger partial charge in [-0.1, -0.05) is 334 Å². The molecule has 1 spiro atoms. The van der Waals surface area contributed by atoms with E-state index in [-0.39, 0.29) is 0 Å². The van der Waals surface area contributed by atoms with Crippen LogP contribution < -0.4 is 9.80 Å². The summed E-state index contributed by atoms with van der Waals surface area (Å²) in [5.41, 5.74) is 31.7. The van der Waals surface area contributed by atoms with Gasteiger partial charge in [0.2, 0.25) is 0 Å². The van der Waals surface area contributed by atoms with E-state index < -0.39 is 5.41 Å². The highest BCUT2D eigenvalue weighted by molar-refractivity contribution is 6.41. The molecule has 137 heavy (non-hydrogen) atoms. The van der Waals surface area contributed by atoms with Crippen LogP contribution in [0.1, 0.15) is 22.3 Å². The molecular weight excluding hydrogens is 1660 g/mol. The second kappa shape index (κ2) is 29.9. The molecule has 0 saturated carbocycles. The number of benzene rings is 22. The molecule has 7 heteroatoms. The summed E-state index contributed by atoms with van der Waals surface area (Å²) < 4.78 is 16.3. The van der Waals surface area contributed by atoms with Gasteiger partial charge in [-0.15, -0.1) is 0 Å². The number of anilines is 6. The molecule has 2 aliphatic rings. The molecule has 0 amide bonds. The third-order valence-electron chi connectivity index (χ3n) is 29.5. The summed E-state index contributed by atoms with van der Waals surface area (Å²) in [7, 11) is 0. The lowest BCUT2D eigenvalue weighted by atomic mass is 9.70. The van der Waals surface area contributed by atoms with Gasteiger partial charge in [-0.3, -0.25) is 4.98 Å². The van der Waals surface area contributed by atoms with Gasteiger partial charge in [0.15, 0.2) is 11.4 Å². The highest BCUT2D eigenvalue weighted by atomic mass is 16.3. The monoisotopic (exact) mass is 1740 g/mol. The van der Waals surface area contributed by atoms with Crippen molar-refractivity contribution < 1.29 is 8.83 Å². The lowest BCUT2D eigenvalue weighted by Crippen LogP contribution is -2.25. The first kappa shape index (κ1) is 76.5. The van der Waals surface area contributed by atoms with Gasteiger partial charge in [0.1, 0.15) is 16.7 Å². The first-order valence-corrected chi connectivity index (χ1v) is 47.0. The third-order valence-corrected chi connectivity index (χ3v) is 29.5. The summed E-state index contributed by atoms with van der Waals surface area (Å²) in [5.74, 6) is 0.621. The molecule has 0 bridgehead atoms. The van der Waals surface area contributed by atoms with Gasteiger partial charge in [-0.25, -0.2) is 9.97 Å². The predicted molar refractivity (Wildman–Crippen MR) is 569 cm³/mol. The van der Waals surface area contributed by atoms with E-state index >= 15 is 0 Å². The Labute approximate surface area is 788 Å². The number of hydrogen-bond acceptors (Lipinski definition) is 7.